The number of benzene rings is 1. The van der Waals surface area contributed by atoms with Gasteiger partial charge in [-0.15, -0.1) is 0 Å². The zero-order chi connectivity index (χ0) is 13.0. The first-order valence-corrected chi connectivity index (χ1v) is 5.54. The van der Waals surface area contributed by atoms with E-state index in [0.29, 0.717) is 4.90 Å². The van der Waals surface area contributed by atoms with E-state index in [1.807, 2.05) is 0 Å². The van der Waals surface area contributed by atoms with Crippen molar-refractivity contribution in [2.24, 2.45) is 0 Å². The van der Waals surface area contributed by atoms with Crippen molar-refractivity contribution in [2.75, 3.05) is 21.2 Å². The fraction of sp³-hybridized carbons (Fsp3) is 0.273. The lowest BCUT2D eigenvalue weighted by molar-refractivity contribution is 0.0596. The minimum absolute atomic E-state index is 0.0488. The van der Waals surface area contributed by atoms with Crippen LogP contribution in [0.1, 0.15) is 10.4 Å². The lowest BCUT2D eigenvalue weighted by atomic mass is 10.2. The maximum atomic E-state index is 13.0. The quantitative estimate of drug-likeness (QED) is 0.603. The molecule has 0 heterocycles. The van der Waals surface area contributed by atoms with Gasteiger partial charge < -0.3 is 9.64 Å². The van der Waals surface area contributed by atoms with E-state index in [4.69, 9.17) is 0 Å². The number of rotatable bonds is 2. The van der Waals surface area contributed by atoms with E-state index in [2.05, 4.69) is 4.74 Å². The number of amides is 1. The highest BCUT2D eigenvalue weighted by Crippen LogP contribution is 2.26. The largest absolute Gasteiger partial charge is 0.465 e. The predicted octanol–water partition coefficient (Wildman–Crippen LogP) is 2.39. The van der Waals surface area contributed by atoms with Crippen LogP contribution in [-0.4, -0.2) is 37.3 Å². The Bertz CT molecular complexity index is 448. The molecular formula is C11H12FNO3S. The van der Waals surface area contributed by atoms with Gasteiger partial charge in [0.2, 0.25) is 0 Å². The van der Waals surface area contributed by atoms with Crippen molar-refractivity contribution < 1.29 is 18.7 Å². The van der Waals surface area contributed by atoms with Gasteiger partial charge in [-0.1, -0.05) is 0 Å². The van der Waals surface area contributed by atoms with Gasteiger partial charge >= 0.3 is 5.97 Å². The molecule has 0 aliphatic carbocycles. The first-order valence-electron chi connectivity index (χ1n) is 4.72. The Kier molecular flexibility index (Phi) is 4.51. The van der Waals surface area contributed by atoms with E-state index in [0.717, 1.165) is 17.8 Å². The zero-order valence-electron chi connectivity index (χ0n) is 9.69. The number of carbonyl (C=O) groups excluding carboxylic acids is 2. The minimum atomic E-state index is -0.668. The molecule has 0 aromatic heterocycles. The highest BCUT2D eigenvalue weighted by Gasteiger charge is 2.17. The van der Waals surface area contributed by atoms with Crippen LogP contribution in [0.25, 0.3) is 0 Å². The van der Waals surface area contributed by atoms with Crippen molar-refractivity contribution >= 4 is 23.0 Å². The Hall–Kier alpha value is -1.56. The molecule has 92 valence electrons. The third-order valence-electron chi connectivity index (χ3n) is 1.91. The van der Waals surface area contributed by atoms with Crippen molar-refractivity contribution in [1.29, 1.82) is 0 Å². The molecule has 0 spiro atoms. The summed E-state index contributed by atoms with van der Waals surface area (Å²) in [4.78, 5) is 24.7. The molecule has 17 heavy (non-hydrogen) atoms. The van der Waals surface area contributed by atoms with Crippen LogP contribution in [0.2, 0.25) is 0 Å². The van der Waals surface area contributed by atoms with E-state index < -0.39 is 11.8 Å². The molecule has 0 saturated heterocycles. The van der Waals surface area contributed by atoms with Crippen molar-refractivity contribution in [1.82, 2.24) is 4.90 Å². The van der Waals surface area contributed by atoms with Gasteiger partial charge in [0.15, 0.2) is 0 Å². The summed E-state index contributed by atoms with van der Waals surface area (Å²) < 4.78 is 17.6. The number of hydrogen-bond donors (Lipinski definition) is 0. The summed E-state index contributed by atoms with van der Waals surface area (Å²) in [6, 6.07) is 3.63. The summed E-state index contributed by atoms with van der Waals surface area (Å²) in [5.41, 5.74) is 0.0488. The summed E-state index contributed by atoms with van der Waals surface area (Å²) in [5.74, 6) is -1.22. The number of nitrogens with zero attached hydrogens (tertiary/aromatic N) is 1. The second-order valence-corrected chi connectivity index (χ2v) is 4.39. The van der Waals surface area contributed by atoms with Crippen LogP contribution < -0.4 is 0 Å². The number of methoxy groups -OCH3 is 1. The van der Waals surface area contributed by atoms with Gasteiger partial charge in [-0.25, -0.2) is 9.18 Å². The second kappa shape index (κ2) is 5.67. The second-order valence-electron chi connectivity index (χ2n) is 3.39. The summed E-state index contributed by atoms with van der Waals surface area (Å²) in [6.45, 7) is 0. The van der Waals surface area contributed by atoms with E-state index in [1.165, 1.54) is 24.1 Å². The van der Waals surface area contributed by atoms with Gasteiger partial charge in [-0.3, -0.25) is 4.79 Å². The number of esters is 1. The molecule has 0 aliphatic heterocycles. The smallest absolute Gasteiger partial charge is 0.339 e. The lowest BCUT2D eigenvalue weighted by Crippen LogP contribution is -2.16. The molecule has 4 nitrogen and oxygen atoms in total. The molecule has 1 rings (SSSR count). The molecule has 0 aliphatic rings. The van der Waals surface area contributed by atoms with Gasteiger partial charge in [-0.2, -0.15) is 0 Å². The number of thioether (sulfide) groups is 1. The molecule has 0 fully saturated rings. The van der Waals surface area contributed by atoms with Crippen LogP contribution in [0.3, 0.4) is 0 Å². The van der Waals surface area contributed by atoms with Crippen LogP contribution in [0, 0.1) is 5.82 Å². The average Bonchev–Trinajstić information content (AvgIpc) is 2.30. The van der Waals surface area contributed by atoms with Gasteiger partial charge in [0.1, 0.15) is 5.82 Å². The Labute approximate surface area is 103 Å². The standard InChI is InChI=1S/C11H12FNO3S/c1-13(2)11(15)17-9-5-4-7(12)6-8(9)10(14)16-3/h4-6H,1-3H3. The average molecular weight is 257 g/mol. The highest BCUT2D eigenvalue weighted by atomic mass is 32.2. The van der Waals surface area contributed by atoms with E-state index in [9.17, 15) is 14.0 Å². The first kappa shape index (κ1) is 13.5. The SMILES string of the molecule is COC(=O)c1cc(F)ccc1SC(=O)N(C)C. The molecule has 1 aromatic carbocycles. The predicted molar refractivity (Wildman–Crippen MR) is 62.7 cm³/mol. The van der Waals surface area contributed by atoms with E-state index in [-0.39, 0.29) is 10.8 Å². The molecule has 0 unspecified atom stereocenters. The lowest BCUT2D eigenvalue weighted by Gasteiger charge is -2.11. The zero-order valence-corrected chi connectivity index (χ0v) is 10.5. The number of halogens is 1. The summed E-state index contributed by atoms with van der Waals surface area (Å²) in [7, 11) is 4.39. The van der Waals surface area contributed by atoms with E-state index in [1.54, 1.807) is 14.1 Å². The van der Waals surface area contributed by atoms with Crippen molar-refractivity contribution in [3.63, 3.8) is 0 Å². The van der Waals surface area contributed by atoms with Gasteiger partial charge in [-0.05, 0) is 30.0 Å². The maximum absolute atomic E-state index is 13.0. The summed E-state index contributed by atoms with van der Waals surface area (Å²) in [5, 5.41) is -0.248. The maximum Gasteiger partial charge on any atom is 0.339 e. The Morgan fingerprint density at radius 3 is 2.53 bits per heavy atom. The van der Waals surface area contributed by atoms with Crippen molar-refractivity contribution in [3.8, 4) is 0 Å². The summed E-state index contributed by atoms with van der Waals surface area (Å²) >= 11 is 0.850. The monoisotopic (exact) mass is 257 g/mol. The topological polar surface area (TPSA) is 46.6 Å². The molecule has 0 saturated carbocycles. The molecule has 0 radical (unpaired) electrons. The highest BCUT2D eigenvalue weighted by molar-refractivity contribution is 8.13. The summed E-state index contributed by atoms with van der Waals surface area (Å²) in [6.07, 6.45) is 0. The first-order chi connectivity index (χ1) is 7.95. The van der Waals surface area contributed by atoms with E-state index >= 15 is 0 Å². The molecule has 0 atom stereocenters. The third kappa shape index (κ3) is 3.45. The van der Waals surface area contributed by atoms with Gasteiger partial charge in [0.25, 0.3) is 5.24 Å². The Morgan fingerprint density at radius 1 is 1.35 bits per heavy atom. The van der Waals surface area contributed by atoms with Crippen LogP contribution in [0.4, 0.5) is 9.18 Å². The van der Waals surface area contributed by atoms with Crippen molar-refractivity contribution in [2.45, 2.75) is 4.90 Å². The normalized spacial score (nSPS) is 9.88. The number of carbonyl (C=O) groups is 2. The Morgan fingerprint density at radius 2 is 2.00 bits per heavy atom. The fourth-order valence-electron chi connectivity index (χ4n) is 1.05. The third-order valence-corrected chi connectivity index (χ3v) is 3.03. The number of hydrogen-bond acceptors (Lipinski definition) is 4. The van der Waals surface area contributed by atoms with Crippen LogP contribution in [0.5, 0.6) is 0 Å². The van der Waals surface area contributed by atoms with Crippen molar-refractivity contribution in [3.05, 3.63) is 29.6 Å². The fourth-order valence-corrected chi connectivity index (χ4v) is 1.81. The van der Waals surface area contributed by atoms with Crippen LogP contribution in [0.15, 0.2) is 23.1 Å². The number of ether oxygens (including phenoxy) is 1. The van der Waals surface area contributed by atoms with Crippen LogP contribution >= 0.6 is 11.8 Å². The van der Waals surface area contributed by atoms with Crippen LogP contribution in [-0.2, 0) is 4.74 Å². The van der Waals surface area contributed by atoms with Gasteiger partial charge in [0.05, 0.1) is 12.7 Å². The molecule has 1 amide bonds. The minimum Gasteiger partial charge on any atom is -0.465 e. The molecular weight excluding hydrogens is 245 g/mol. The molecule has 1 aromatic rings. The van der Waals surface area contributed by atoms with Gasteiger partial charge in [0, 0.05) is 19.0 Å². The Balaban J connectivity index is 3.06. The molecule has 0 N–H and O–H groups in total. The molecule has 0 bridgehead atoms. The molecule has 6 heteroatoms.